The first-order valence-electron chi connectivity index (χ1n) is 7.89. The predicted octanol–water partition coefficient (Wildman–Crippen LogP) is 2.11. The van der Waals surface area contributed by atoms with Gasteiger partial charge in [0.1, 0.15) is 0 Å². The van der Waals surface area contributed by atoms with Crippen LogP contribution in [0.5, 0.6) is 0 Å². The van der Waals surface area contributed by atoms with Gasteiger partial charge in [-0.05, 0) is 39.2 Å². The average Bonchev–Trinajstić information content (AvgIpc) is 2.92. The van der Waals surface area contributed by atoms with E-state index in [9.17, 15) is 5.11 Å². The third-order valence-corrected chi connectivity index (χ3v) is 4.98. The number of hydrogen-bond donors (Lipinski definition) is 1. The van der Waals surface area contributed by atoms with Crippen LogP contribution in [-0.4, -0.2) is 45.4 Å². The molecule has 0 spiro atoms. The Morgan fingerprint density at radius 1 is 1.35 bits per heavy atom. The normalized spacial score (nSPS) is 31.6. The summed E-state index contributed by atoms with van der Waals surface area (Å²) in [7, 11) is 2.24. The van der Waals surface area contributed by atoms with Crippen LogP contribution in [0.25, 0.3) is 0 Å². The number of aliphatic hydroxyl groups is 1. The molecule has 3 atom stereocenters. The van der Waals surface area contributed by atoms with Gasteiger partial charge in [-0.15, -0.1) is 0 Å². The van der Waals surface area contributed by atoms with Crippen molar-refractivity contribution in [2.24, 2.45) is 0 Å². The maximum atomic E-state index is 9.82. The van der Waals surface area contributed by atoms with Gasteiger partial charge in [0, 0.05) is 18.0 Å². The van der Waals surface area contributed by atoms with Crippen LogP contribution in [-0.2, 0) is 6.42 Å². The Kier molecular flexibility index (Phi) is 4.08. The van der Waals surface area contributed by atoms with Crippen LogP contribution in [0.3, 0.4) is 0 Å². The molecule has 2 saturated heterocycles. The lowest BCUT2D eigenvalue weighted by Crippen LogP contribution is -2.39. The van der Waals surface area contributed by atoms with Crippen molar-refractivity contribution in [3.05, 3.63) is 11.7 Å². The summed E-state index contributed by atoms with van der Waals surface area (Å²) in [5, 5.41) is 14.0. The van der Waals surface area contributed by atoms with Crippen LogP contribution < -0.4 is 0 Å². The maximum Gasteiger partial charge on any atom is 0.229 e. The Labute approximate surface area is 120 Å². The Morgan fingerprint density at radius 3 is 2.70 bits per heavy atom. The molecule has 3 heterocycles. The first-order chi connectivity index (χ1) is 9.67. The number of rotatable bonds is 5. The van der Waals surface area contributed by atoms with Crippen LogP contribution in [0.4, 0.5) is 0 Å². The highest BCUT2D eigenvalue weighted by Gasteiger charge is 2.40. The smallest absolute Gasteiger partial charge is 0.229 e. The highest BCUT2D eigenvalue weighted by atomic mass is 16.5. The number of hydrogen-bond acceptors (Lipinski definition) is 5. The Balaban J connectivity index is 1.62. The molecule has 5 heteroatoms. The third kappa shape index (κ3) is 2.74. The van der Waals surface area contributed by atoms with E-state index in [4.69, 9.17) is 4.52 Å². The summed E-state index contributed by atoms with van der Waals surface area (Å²) in [4.78, 5) is 7.04. The standard InChI is InChI=1S/C15H25N3O2/c1-3-4-13(19)9-14-16-15(17-20-14)10-7-11-5-6-12(8-10)18(11)2/h10-13,19H,3-9H2,1-2H3. The van der Waals surface area contributed by atoms with E-state index in [0.29, 0.717) is 30.3 Å². The molecule has 0 saturated carbocycles. The number of fused-ring (bicyclic) bond motifs is 2. The number of aromatic nitrogens is 2. The van der Waals surface area contributed by atoms with Crippen molar-refractivity contribution < 1.29 is 9.63 Å². The van der Waals surface area contributed by atoms with Crippen molar-refractivity contribution in [3.8, 4) is 0 Å². The molecule has 5 nitrogen and oxygen atoms in total. The van der Waals surface area contributed by atoms with Crippen LogP contribution in [0.15, 0.2) is 4.52 Å². The van der Waals surface area contributed by atoms with Gasteiger partial charge in [-0.1, -0.05) is 18.5 Å². The fraction of sp³-hybridized carbons (Fsp3) is 0.867. The highest BCUT2D eigenvalue weighted by Crippen LogP contribution is 2.41. The van der Waals surface area contributed by atoms with Gasteiger partial charge in [-0.3, -0.25) is 0 Å². The van der Waals surface area contributed by atoms with Crippen molar-refractivity contribution >= 4 is 0 Å². The molecule has 0 aliphatic carbocycles. The Bertz CT molecular complexity index is 434. The molecule has 0 amide bonds. The van der Waals surface area contributed by atoms with E-state index in [-0.39, 0.29) is 6.10 Å². The van der Waals surface area contributed by atoms with E-state index in [0.717, 1.165) is 31.5 Å². The minimum atomic E-state index is -0.359. The zero-order chi connectivity index (χ0) is 14.1. The zero-order valence-electron chi connectivity index (χ0n) is 12.5. The zero-order valence-corrected chi connectivity index (χ0v) is 12.5. The van der Waals surface area contributed by atoms with Crippen LogP contribution in [0.1, 0.15) is 63.1 Å². The molecule has 3 rings (SSSR count). The fourth-order valence-electron chi connectivity index (χ4n) is 3.78. The van der Waals surface area contributed by atoms with E-state index in [1.807, 2.05) is 0 Å². The van der Waals surface area contributed by atoms with Crippen LogP contribution in [0.2, 0.25) is 0 Å². The monoisotopic (exact) mass is 279 g/mol. The molecular formula is C15H25N3O2. The van der Waals surface area contributed by atoms with Crippen molar-refractivity contribution in [1.82, 2.24) is 15.0 Å². The third-order valence-electron chi connectivity index (χ3n) is 4.98. The summed E-state index contributed by atoms with van der Waals surface area (Å²) < 4.78 is 5.32. The van der Waals surface area contributed by atoms with Crippen molar-refractivity contribution in [3.63, 3.8) is 0 Å². The minimum absolute atomic E-state index is 0.359. The SMILES string of the molecule is CCCC(O)Cc1nc(C2CC3CCC(C2)N3C)no1. The quantitative estimate of drug-likeness (QED) is 0.894. The van der Waals surface area contributed by atoms with Gasteiger partial charge in [-0.25, -0.2) is 0 Å². The first-order valence-corrected chi connectivity index (χ1v) is 7.89. The van der Waals surface area contributed by atoms with E-state index in [2.05, 4.69) is 29.0 Å². The molecule has 2 aliphatic rings. The molecule has 20 heavy (non-hydrogen) atoms. The molecule has 1 aromatic rings. The van der Waals surface area contributed by atoms with Crippen LogP contribution in [0, 0.1) is 0 Å². The fourth-order valence-corrected chi connectivity index (χ4v) is 3.78. The second-order valence-electron chi connectivity index (χ2n) is 6.41. The molecule has 2 fully saturated rings. The summed E-state index contributed by atoms with van der Waals surface area (Å²) in [6.07, 6.45) is 6.78. The second kappa shape index (κ2) is 5.82. The van der Waals surface area contributed by atoms with Gasteiger partial charge >= 0.3 is 0 Å². The molecule has 2 bridgehead atoms. The highest BCUT2D eigenvalue weighted by molar-refractivity contribution is 5.05. The van der Waals surface area contributed by atoms with Crippen molar-refractivity contribution in [2.75, 3.05) is 7.05 Å². The maximum absolute atomic E-state index is 9.82. The summed E-state index contributed by atoms with van der Waals surface area (Å²) in [6, 6.07) is 1.37. The molecule has 0 aromatic carbocycles. The summed E-state index contributed by atoms with van der Waals surface area (Å²) in [5.74, 6) is 1.88. The van der Waals surface area contributed by atoms with Gasteiger partial charge in [-0.2, -0.15) is 4.98 Å². The van der Waals surface area contributed by atoms with Gasteiger partial charge in [0.05, 0.1) is 12.5 Å². The second-order valence-corrected chi connectivity index (χ2v) is 6.41. The van der Waals surface area contributed by atoms with E-state index in [1.54, 1.807) is 0 Å². The minimum Gasteiger partial charge on any atom is -0.393 e. The van der Waals surface area contributed by atoms with Gasteiger partial charge in [0.2, 0.25) is 5.89 Å². The topological polar surface area (TPSA) is 62.4 Å². The molecule has 112 valence electrons. The number of nitrogens with zero attached hydrogens (tertiary/aromatic N) is 3. The molecular weight excluding hydrogens is 254 g/mol. The number of piperidine rings is 1. The van der Waals surface area contributed by atoms with Crippen molar-refractivity contribution in [2.45, 2.75) is 76.0 Å². The molecule has 0 radical (unpaired) electrons. The molecule has 1 N–H and O–H groups in total. The van der Waals surface area contributed by atoms with Crippen molar-refractivity contribution in [1.29, 1.82) is 0 Å². The average molecular weight is 279 g/mol. The van der Waals surface area contributed by atoms with Crippen LogP contribution >= 0.6 is 0 Å². The predicted molar refractivity (Wildman–Crippen MR) is 75.5 cm³/mol. The first kappa shape index (κ1) is 14.0. The summed E-state index contributed by atoms with van der Waals surface area (Å²) in [6.45, 7) is 2.07. The molecule has 1 aromatic heterocycles. The molecule has 2 aliphatic heterocycles. The van der Waals surface area contributed by atoms with Gasteiger partial charge in [0.25, 0.3) is 0 Å². The Hall–Kier alpha value is -0.940. The van der Waals surface area contributed by atoms with Gasteiger partial charge < -0.3 is 14.5 Å². The number of aliphatic hydroxyl groups excluding tert-OH is 1. The lowest BCUT2D eigenvalue weighted by molar-refractivity contribution is 0.151. The Morgan fingerprint density at radius 2 is 2.05 bits per heavy atom. The summed E-state index contributed by atoms with van der Waals surface area (Å²) >= 11 is 0. The lowest BCUT2D eigenvalue weighted by atomic mass is 9.90. The summed E-state index contributed by atoms with van der Waals surface area (Å²) in [5.41, 5.74) is 0. The largest absolute Gasteiger partial charge is 0.393 e. The van der Waals surface area contributed by atoms with Gasteiger partial charge in [0.15, 0.2) is 5.82 Å². The van der Waals surface area contributed by atoms with E-state index >= 15 is 0 Å². The lowest BCUT2D eigenvalue weighted by Gasteiger charge is -2.34. The molecule has 3 unspecified atom stereocenters. The van der Waals surface area contributed by atoms with E-state index < -0.39 is 0 Å². The van der Waals surface area contributed by atoms with E-state index in [1.165, 1.54) is 12.8 Å².